The summed E-state index contributed by atoms with van der Waals surface area (Å²) in [7, 11) is -4.94. The number of benzene rings is 1. The van der Waals surface area contributed by atoms with E-state index >= 15 is 0 Å². The van der Waals surface area contributed by atoms with Crippen molar-refractivity contribution in [2.24, 2.45) is 0 Å². The maximum Gasteiger partial charge on any atom is 0.212 e. The van der Waals surface area contributed by atoms with E-state index in [0.717, 1.165) is 6.54 Å². The molecule has 0 spiro atoms. The van der Waals surface area contributed by atoms with E-state index in [1.54, 1.807) is 0 Å². The molecule has 4 aromatic rings. The fourth-order valence-corrected chi connectivity index (χ4v) is 3.68. The molecule has 30 heavy (non-hydrogen) atoms. The lowest BCUT2D eigenvalue weighted by molar-refractivity contribution is -2.00. The number of hydrogen-bond acceptors (Lipinski definition) is 4. The van der Waals surface area contributed by atoms with Crippen molar-refractivity contribution in [2.45, 2.75) is 27.3 Å². The van der Waals surface area contributed by atoms with Crippen LogP contribution in [-0.4, -0.2) is 4.40 Å². The molecule has 6 nitrogen and oxygen atoms in total. The van der Waals surface area contributed by atoms with Crippen LogP contribution in [0, 0.1) is 24.1 Å². The Bertz CT molecular complexity index is 1200. The predicted octanol–water partition coefficient (Wildman–Crippen LogP) is 0.431. The Morgan fingerprint density at radius 1 is 0.900 bits per heavy atom. The summed E-state index contributed by atoms with van der Waals surface area (Å²) in [5.74, 6) is 0. The second-order valence-electron chi connectivity index (χ2n) is 6.85. The maximum absolute atomic E-state index is 8.49. The molecule has 0 aliphatic carbocycles. The number of rotatable bonds is 3. The average molecular weight is 427 g/mol. The third-order valence-corrected chi connectivity index (χ3v) is 5.15. The van der Waals surface area contributed by atoms with Crippen molar-refractivity contribution in [2.75, 3.05) is 0 Å². The van der Waals surface area contributed by atoms with Gasteiger partial charge >= 0.3 is 0 Å². The Hall–Kier alpha value is -2.74. The highest BCUT2D eigenvalue weighted by Gasteiger charge is 2.13. The molecule has 0 N–H and O–H groups in total. The topological polar surface area (TPSA) is 101 Å². The molecule has 7 heteroatoms. The van der Waals surface area contributed by atoms with E-state index in [0.29, 0.717) is 0 Å². The lowest BCUT2D eigenvalue weighted by Crippen LogP contribution is -2.68. The Kier molecular flexibility index (Phi) is 6.55. The molecule has 1 aromatic carbocycles. The molecule has 0 aliphatic heterocycles. The molecule has 4 rings (SSSR count). The van der Waals surface area contributed by atoms with Gasteiger partial charge in [0.15, 0.2) is 0 Å². The van der Waals surface area contributed by atoms with Crippen LogP contribution in [0.1, 0.15) is 29.4 Å². The average Bonchev–Trinajstić information content (AvgIpc) is 2.95. The van der Waals surface area contributed by atoms with Gasteiger partial charge in [0.1, 0.15) is 6.54 Å². The highest BCUT2D eigenvalue weighted by Crippen LogP contribution is 2.24. The monoisotopic (exact) mass is 426 g/mol. The molecule has 0 atom stereocenters. The van der Waals surface area contributed by atoms with Crippen molar-refractivity contribution in [1.29, 1.82) is 0 Å². The van der Waals surface area contributed by atoms with Crippen LogP contribution >= 0.6 is 0 Å². The summed E-state index contributed by atoms with van der Waals surface area (Å²) in [6.45, 7) is 7.54. The minimum absolute atomic E-state index is 0.954. The van der Waals surface area contributed by atoms with E-state index in [4.69, 9.17) is 18.6 Å². The lowest BCUT2D eigenvalue weighted by Gasteiger charge is -2.17. The maximum atomic E-state index is 8.49. The van der Waals surface area contributed by atoms with Crippen LogP contribution in [0.15, 0.2) is 60.8 Å². The van der Waals surface area contributed by atoms with Gasteiger partial charge in [0.2, 0.25) is 11.2 Å². The van der Waals surface area contributed by atoms with Crippen molar-refractivity contribution in [3.05, 3.63) is 83.3 Å². The van der Waals surface area contributed by atoms with Crippen LogP contribution in [-0.2, 0) is 6.54 Å². The Labute approximate surface area is 177 Å². The number of fused-ring (bicyclic) bond motifs is 2. The van der Waals surface area contributed by atoms with Gasteiger partial charge in [0.05, 0.1) is 5.52 Å². The standard InChI is InChI=1S/C23H23N2.ClHO4/c1-4-24-20(13-12-19-9-5-6-10-22(19)24)14-15-21-17(2)18(3)25-16-8-7-11-23(21)25;2-1(3,4)5/h5-16H,4H2,1-3H3;(H,2,3,4,5)/q+1;/p-1. The lowest BCUT2D eigenvalue weighted by atomic mass is 10.1. The van der Waals surface area contributed by atoms with E-state index in [9.17, 15) is 0 Å². The van der Waals surface area contributed by atoms with Crippen LogP contribution in [0.2, 0.25) is 0 Å². The van der Waals surface area contributed by atoms with Crippen LogP contribution in [0.3, 0.4) is 0 Å². The van der Waals surface area contributed by atoms with Gasteiger partial charge in [-0.15, -0.1) is 10.2 Å². The molecule has 0 fully saturated rings. The quantitative estimate of drug-likeness (QED) is 0.443. The van der Waals surface area contributed by atoms with Gasteiger partial charge in [-0.05, 0) is 56.7 Å². The number of para-hydroxylation sites is 1. The van der Waals surface area contributed by atoms with Gasteiger partial charge in [0, 0.05) is 41.0 Å². The molecule has 156 valence electrons. The predicted molar refractivity (Wildman–Crippen MR) is 106 cm³/mol. The van der Waals surface area contributed by atoms with Crippen LogP contribution in [0.5, 0.6) is 0 Å². The second-order valence-corrected chi connectivity index (χ2v) is 7.61. The normalized spacial score (nSPS) is 11.8. The minimum Gasteiger partial charge on any atom is -0.320 e. The van der Waals surface area contributed by atoms with Crippen molar-refractivity contribution >= 4 is 28.6 Å². The minimum atomic E-state index is -4.94. The van der Waals surface area contributed by atoms with Crippen LogP contribution in [0.25, 0.3) is 28.6 Å². The van der Waals surface area contributed by atoms with E-state index in [-0.39, 0.29) is 0 Å². The molecular formula is C23H23ClN2O4. The highest BCUT2D eigenvalue weighted by atomic mass is 35.7. The van der Waals surface area contributed by atoms with E-state index < -0.39 is 10.2 Å². The zero-order valence-corrected chi connectivity index (χ0v) is 17.8. The first-order chi connectivity index (χ1) is 14.2. The molecule has 3 aromatic heterocycles. The number of halogens is 1. The first-order valence-electron chi connectivity index (χ1n) is 9.48. The van der Waals surface area contributed by atoms with E-state index in [1.165, 1.54) is 38.9 Å². The fourth-order valence-electron chi connectivity index (χ4n) is 3.68. The molecule has 0 unspecified atom stereocenters. The smallest absolute Gasteiger partial charge is 0.212 e. The Morgan fingerprint density at radius 2 is 1.57 bits per heavy atom. The van der Waals surface area contributed by atoms with Crippen LogP contribution < -0.4 is 23.2 Å². The molecule has 0 aliphatic rings. The van der Waals surface area contributed by atoms with Gasteiger partial charge in [-0.3, -0.25) is 0 Å². The van der Waals surface area contributed by atoms with Crippen molar-refractivity contribution in [1.82, 2.24) is 4.40 Å². The SMILES string of the molecule is CC[n+]1c(/C=C/c2c(C)c(C)n3ccccc23)ccc2ccccc21.[O-][Cl+3]([O-])([O-])[O-]. The first kappa shape index (κ1) is 22.0. The number of pyridine rings is 2. The third-order valence-electron chi connectivity index (χ3n) is 5.15. The van der Waals surface area contributed by atoms with Gasteiger partial charge in [-0.25, -0.2) is 18.6 Å². The summed E-state index contributed by atoms with van der Waals surface area (Å²) in [5, 5.41) is 1.28. The van der Waals surface area contributed by atoms with E-state index in [1.807, 2.05) is 0 Å². The van der Waals surface area contributed by atoms with Crippen molar-refractivity contribution < 1.29 is 33.4 Å². The Morgan fingerprint density at radius 3 is 2.27 bits per heavy atom. The molecule has 0 bridgehead atoms. The number of hydrogen-bond donors (Lipinski definition) is 0. The summed E-state index contributed by atoms with van der Waals surface area (Å²) >= 11 is 0. The highest BCUT2D eigenvalue weighted by molar-refractivity contribution is 5.82. The van der Waals surface area contributed by atoms with Gasteiger partial charge in [-0.2, -0.15) is 4.57 Å². The largest absolute Gasteiger partial charge is 0.320 e. The first-order valence-corrected chi connectivity index (χ1v) is 10.7. The van der Waals surface area contributed by atoms with Gasteiger partial charge < -0.3 is 4.40 Å². The summed E-state index contributed by atoms with van der Waals surface area (Å²) in [4.78, 5) is 0. The molecule has 3 heterocycles. The third kappa shape index (κ3) is 4.87. The van der Waals surface area contributed by atoms with Crippen molar-refractivity contribution in [3.63, 3.8) is 0 Å². The molecule has 0 saturated heterocycles. The summed E-state index contributed by atoms with van der Waals surface area (Å²) in [6, 6.07) is 19.4. The molecule has 0 amide bonds. The van der Waals surface area contributed by atoms with Gasteiger partial charge in [0.25, 0.3) is 0 Å². The molecule has 0 saturated carbocycles. The second kappa shape index (κ2) is 8.95. The Balaban J connectivity index is 0.000000461. The van der Waals surface area contributed by atoms with Gasteiger partial charge in [-0.1, -0.05) is 18.2 Å². The summed E-state index contributed by atoms with van der Waals surface area (Å²) < 4.78 is 38.6. The van der Waals surface area contributed by atoms with E-state index in [2.05, 4.69) is 103 Å². The zero-order valence-electron chi connectivity index (χ0n) is 17.0. The molecular weight excluding hydrogens is 404 g/mol. The number of aryl methyl sites for hydroxylation is 2. The zero-order chi connectivity index (χ0) is 21.9. The number of nitrogens with zero attached hydrogens (tertiary/aromatic N) is 2. The summed E-state index contributed by atoms with van der Waals surface area (Å²) in [6.07, 6.45) is 6.63. The number of aromatic nitrogens is 2. The van der Waals surface area contributed by atoms with Crippen molar-refractivity contribution in [3.8, 4) is 0 Å². The fraction of sp³-hybridized carbons (Fsp3) is 0.174. The van der Waals surface area contributed by atoms with Crippen LogP contribution in [0.4, 0.5) is 0 Å². The molecule has 0 radical (unpaired) electrons. The summed E-state index contributed by atoms with van der Waals surface area (Å²) in [5.41, 5.74) is 7.71.